The van der Waals surface area contributed by atoms with Gasteiger partial charge >= 0.3 is 6.03 Å². The van der Waals surface area contributed by atoms with Gasteiger partial charge in [-0.05, 0) is 41.7 Å². The van der Waals surface area contributed by atoms with Gasteiger partial charge in [-0.3, -0.25) is 14.5 Å². The highest BCUT2D eigenvalue weighted by atomic mass is 16.2. The number of anilines is 1. The Hall–Kier alpha value is -3.61. The van der Waals surface area contributed by atoms with Crippen molar-refractivity contribution in [2.75, 3.05) is 11.9 Å². The first kappa shape index (κ1) is 20.7. The first-order valence-electron chi connectivity index (χ1n) is 10.5. The van der Waals surface area contributed by atoms with E-state index in [0.29, 0.717) is 18.0 Å². The van der Waals surface area contributed by atoms with Crippen molar-refractivity contribution in [3.63, 3.8) is 0 Å². The summed E-state index contributed by atoms with van der Waals surface area (Å²) in [7, 11) is 0. The highest BCUT2D eigenvalue weighted by molar-refractivity contribution is 6.08. The summed E-state index contributed by atoms with van der Waals surface area (Å²) in [6.07, 6.45) is 3.25. The van der Waals surface area contributed by atoms with E-state index in [0.717, 1.165) is 27.8 Å². The number of H-pyrrole nitrogens is 1. The molecule has 0 unspecified atom stereocenters. The van der Waals surface area contributed by atoms with Crippen LogP contribution in [0.2, 0.25) is 0 Å². The van der Waals surface area contributed by atoms with Gasteiger partial charge in [0.05, 0.1) is 0 Å². The zero-order valence-corrected chi connectivity index (χ0v) is 17.6. The van der Waals surface area contributed by atoms with Gasteiger partial charge in [-0.2, -0.15) is 0 Å². The molecule has 3 N–H and O–H groups in total. The van der Waals surface area contributed by atoms with Gasteiger partial charge in [-0.15, -0.1) is 0 Å². The zero-order valence-electron chi connectivity index (χ0n) is 17.6. The summed E-state index contributed by atoms with van der Waals surface area (Å²) < 4.78 is 0. The maximum absolute atomic E-state index is 12.8. The van der Waals surface area contributed by atoms with E-state index in [-0.39, 0.29) is 6.54 Å². The maximum Gasteiger partial charge on any atom is 0.325 e. The molecule has 0 saturated carbocycles. The molecule has 3 aromatic rings. The van der Waals surface area contributed by atoms with E-state index in [1.807, 2.05) is 54.7 Å². The monoisotopic (exact) mass is 418 g/mol. The molecule has 7 heteroatoms. The number of hydrogen-bond donors (Lipinski definition) is 3. The van der Waals surface area contributed by atoms with Crippen molar-refractivity contribution in [2.45, 2.75) is 38.6 Å². The molecule has 2 atom stereocenters. The Morgan fingerprint density at radius 2 is 1.87 bits per heavy atom. The van der Waals surface area contributed by atoms with Crippen LogP contribution in [-0.2, 0) is 16.0 Å². The number of carbonyl (C=O) groups is 3. The largest absolute Gasteiger partial charge is 0.361 e. The number of aromatic nitrogens is 1. The fourth-order valence-corrected chi connectivity index (χ4v) is 3.86. The summed E-state index contributed by atoms with van der Waals surface area (Å²) in [4.78, 5) is 41.7. The molecule has 0 radical (unpaired) electrons. The lowest BCUT2D eigenvalue weighted by molar-refractivity contribution is -0.130. The zero-order chi connectivity index (χ0) is 22.0. The number of aromatic amines is 1. The topological polar surface area (TPSA) is 94.3 Å². The number of nitrogens with zero attached hydrogens (tertiary/aromatic N) is 1. The average Bonchev–Trinajstić information content (AvgIpc) is 3.30. The molecule has 0 aliphatic carbocycles. The van der Waals surface area contributed by atoms with Gasteiger partial charge in [0.1, 0.15) is 12.6 Å². The number of nitrogens with one attached hydrogen (secondary N) is 3. The second-order valence-electron chi connectivity index (χ2n) is 7.97. The Kier molecular flexibility index (Phi) is 5.75. The molecule has 4 rings (SSSR count). The maximum atomic E-state index is 12.8. The number of amides is 4. The number of imide groups is 1. The van der Waals surface area contributed by atoms with E-state index in [1.165, 1.54) is 5.56 Å². The number of benzene rings is 2. The number of fused-ring (bicyclic) bond motifs is 1. The standard InChI is InChI=1S/C24H26N4O3/c1-3-15(2)16-8-10-18(11-9-16)26-22(29)14-28-23(30)21(27-24(28)31)12-17-13-25-20-7-5-4-6-19(17)20/h4-11,13,15,21,25H,3,12,14H2,1-2H3,(H,26,29)(H,27,31)/t15-,21+/m0/s1. The van der Waals surface area contributed by atoms with Crippen molar-refractivity contribution in [3.05, 3.63) is 65.9 Å². The minimum Gasteiger partial charge on any atom is -0.361 e. The number of urea groups is 1. The summed E-state index contributed by atoms with van der Waals surface area (Å²) in [5.41, 5.74) is 3.76. The van der Waals surface area contributed by atoms with Crippen LogP contribution in [0.4, 0.5) is 10.5 Å². The van der Waals surface area contributed by atoms with Crippen LogP contribution < -0.4 is 10.6 Å². The first-order chi connectivity index (χ1) is 15.0. The number of para-hydroxylation sites is 1. The number of hydrogen-bond acceptors (Lipinski definition) is 3. The molecule has 0 bridgehead atoms. The molecule has 1 aliphatic rings. The Bertz CT molecular complexity index is 1120. The van der Waals surface area contributed by atoms with Crippen LogP contribution in [0.1, 0.15) is 37.3 Å². The molecule has 7 nitrogen and oxygen atoms in total. The van der Waals surface area contributed by atoms with Crippen molar-refractivity contribution in [3.8, 4) is 0 Å². The highest BCUT2D eigenvalue weighted by Gasteiger charge is 2.39. The quantitative estimate of drug-likeness (QED) is 0.510. The molecule has 1 saturated heterocycles. The van der Waals surface area contributed by atoms with Gasteiger partial charge in [-0.1, -0.05) is 44.2 Å². The van der Waals surface area contributed by atoms with E-state index < -0.39 is 23.9 Å². The lowest BCUT2D eigenvalue weighted by Crippen LogP contribution is -2.38. The summed E-state index contributed by atoms with van der Waals surface area (Å²) in [5, 5.41) is 6.47. The second-order valence-corrected chi connectivity index (χ2v) is 7.97. The second kappa shape index (κ2) is 8.63. The van der Waals surface area contributed by atoms with Crippen LogP contribution in [0.25, 0.3) is 10.9 Å². The third-order valence-electron chi connectivity index (χ3n) is 5.88. The van der Waals surface area contributed by atoms with Crippen LogP contribution in [-0.4, -0.2) is 40.3 Å². The average molecular weight is 418 g/mol. The molecule has 31 heavy (non-hydrogen) atoms. The Balaban J connectivity index is 1.38. The predicted molar refractivity (Wildman–Crippen MR) is 120 cm³/mol. The minimum atomic E-state index is -0.686. The van der Waals surface area contributed by atoms with Gasteiger partial charge in [0.2, 0.25) is 5.91 Å². The smallest absolute Gasteiger partial charge is 0.325 e. The molecule has 1 aromatic heterocycles. The minimum absolute atomic E-state index is 0.317. The molecule has 160 valence electrons. The van der Waals surface area contributed by atoms with Gasteiger partial charge < -0.3 is 15.6 Å². The number of rotatable bonds is 7. The van der Waals surface area contributed by atoms with Crippen molar-refractivity contribution >= 4 is 34.4 Å². The molecule has 1 fully saturated rings. The van der Waals surface area contributed by atoms with Crippen LogP contribution >= 0.6 is 0 Å². The van der Waals surface area contributed by atoms with Gasteiger partial charge in [0, 0.05) is 29.2 Å². The van der Waals surface area contributed by atoms with E-state index in [9.17, 15) is 14.4 Å². The molecule has 4 amide bonds. The normalized spacial score (nSPS) is 17.1. The van der Waals surface area contributed by atoms with Crippen molar-refractivity contribution in [1.82, 2.24) is 15.2 Å². The highest BCUT2D eigenvalue weighted by Crippen LogP contribution is 2.22. The lowest BCUT2D eigenvalue weighted by Gasteiger charge is -2.14. The van der Waals surface area contributed by atoms with Crippen LogP contribution in [0, 0.1) is 0 Å². The Morgan fingerprint density at radius 3 is 2.61 bits per heavy atom. The summed E-state index contributed by atoms with van der Waals surface area (Å²) in [6.45, 7) is 3.96. The Morgan fingerprint density at radius 1 is 1.13 bits per heavy atom. The summed E-state index contributed by atoms with van der Waals surface area (Å²) in [6, 6.07) is 14.2. The fraction of sp³-hybridized carbons (Fsp3) is 0.292. The first-order valence-corrected chi connectivity index (χ1v) is 10.5. The van der Waals surface area contributed by atoms with Gasteiger partial charge in [0.25, 0.3) is 5.91 Å². The van der Waals surface area contributed by atoms with E-state index in [4.69, 9.17) is 0 Å². The van der Waals surface area contributed by atoms with Crippen molar-refractivity contribution < 1.29 is 14.4 Å². The molecular weight excluding hydrogens is 392 g/mol. The summed E-state index contributed by atoms with van der Waals surface area (Å²) >= 11 is 0. The molecule has 2 aromatic carbocycles. The van der Waals surface area contributed by atoms with E-state index >= 15 is 0 Å². The van der Waals surface area contributed by atoms with Crippen LogP contribution in [0.15, 0.2) is 54.7 Å². The summed E-state index contributed by atoms with van der Waals surface area (Å²) in [5.74, 6) is -0.352. The third kappa shape index (κ3) is 4.30. The fourth-order valence-electron chi connectivity index (χ4n) is 3.86. The van der Waals surface area contributed by atoms with Crippen LogP contribution in [0.3, 0.4) is 0 Å². The SMILES string of the molecule is CC[C@H](C)c1ccc(NC(=O)CN2C(=O)N[C@H](Cc3c[nH]c4ccccc34)C2=O)cc1. The van der Waals surface area contributed by atoms with Gasteiger partial charge in [0.15, 0.2) is 0 Å². The molecule has 1 aliphatic heterocycles. The van der Waals surface area contributed by atoms with Crippen molar-refractivity contribution in [2.24, 2.45) is 0 Å². The third-order valence-corrected chi connectivity index (χ3v) is 5.88. The molecule has 0 spiro atoms. The van der Waals surface area contributed by atoms with Crippen LogP contribution in [0.5, 0.6) is 0 Å². The van der Waals surface area contributed by atoms with Gasteiger partial charge in [-0.25, -0.2) is 4.79 Å². The van der Waals surface area contributed by atoms with E-state index in [1.54, 1.807) is 0 Å². The van der Waals surface area contributed by atoms with Crippen molar-refractivity contribution in [1.29, 1.82) is 0 Å². The Labute approximate surface area is 180 Å². The lowest BCUT2D eigenvalue weighted by atomic mass is 9.99. The molecule has 2 heterocycles. The molecular formula is C24H26N4O3. The van der Waals surface area contributed by atoms with E-state index in [2.05, 4.69) is 29.5 Å². The number of carbonyl (C=O) groups excluding carboxylic acids is 3. The predicted octanol–water partition coefficient (Wildman–Crippen LogP) is 3.78.